The molecule has 2 aromatic rings. The van der Waals surface area contributed by atoms with E-state index in [-0.39, 0.29) is 11.8 Å². The van der Waals surface area contributed by atoms with Gasteiger partial charge in [0.2, 0.25) is 0 Å². The summed E-state index contributed by atoms with van der Waals surface area (Å²) in [5, 5.41) is 6.07. The van der Waals surface area contributed by atoms with Gasteiger partial charge in [0.1, 0.15) is 0 Å². The van der Waals surface area contributed by atoms with Gasteiger partial charge in [-0.1, -0.05) is 17.7 Å². The van der Waals surface area contributed by atoms with E-state index >= 15 is 0 Å². The number of anilines is 1. The van der Waals surface area contributed by atoms with Crippen LogP contribution in [0.4, 0.5) is 5.69 Å². The van der Waals surface area contributed by atoms with Gasteiger partial charge in [0, 0.05) is 42.1 Å². The second-order valence-corrected chi connectivity index (χ2v) is 5.58. The molecule has 0 radical (unpaired) electrons. The molecule has 0 unspecified atom stereocenters. The van der Waals surface area contributed by atoms with Crippen molar-refractivity contribution in [1.82, 2.24) is 5.32 Å². The summed E-state index contributed by atoms with van der Waals surface area (Å²) >= 11 is 5.88. The molecule has 0 bridgehead atoms. The van der Waals surface area contributed by atoms with Crippen molar-refractivity contribution in [2.24, 2.45) is 0 Å². The van der Waals surface area contributed by atoms with Crippen molar-refractivity contribution in [1.29, 1.82) is 0 Å². The second kappa shape index (κ2) is 9.05. The van der Waals surface area contributed by atoms with Crippen LogP contribution in [0.1, 0.15) is 27.1 Å². The fourth-order valence-electron chi connectivity index (χ4n) is 2.06. The maximum atomic E-state index is 12.1. The molecule has 126 valence electrons. The molecular weight excluding hydrogens is 328 g/mol. The van der Waals surface area contributed by atoms with Crippen molar-refractivity contribution in [2.45, 2.75) is 6.42 Å². The highest BCUT2D eigenvalue weighted by atomic mass is 35.5. The average molecular weight is 347 g/mol. The van der Waals surface area contributed by atoms with E-state index in [0.717, 1.165) is 6.42 Å². The van der Waals surface area contributed by atoms with Gasteiger partial charge in [-0.3, -0.25) is 9.59 Å². The molecule has 2 amide bonds. The number of hydrogen-bond donors (Lipinski definition) is 2. The van der Waals surface area contributed by atoms with Crippen LogP contribution in [-0.2, 0) is 4.74 Å². The lowest BCUT2D eigenvalue weighted by Gasteiger charge is -2.08. The highest BCUT2D eigenvalue weighted by Crippen LogP contribution is 2.14. The molecule has 24 heavy (non-hydrogen) atoms. The third kappa shape index (κ3) is 5.37. The number of hydrogen-bond acceptors (Lipinski definition) is 3. The summed E-state index contributed by atoms with van der Waals surface area (Å²) in [4.78, 5) is 24.1. The first kappa shape index (κ1) is 18.0. The molecule has 0 fully saturated rings. The smallest absolute Gasteiger partial charge is 0.255 e. The Labute approximate surface area is 146 Å². The van der Waals surface area contributed by atoms with E-state index in [1.165, 1.54) is 0 Å². The zero-order valence-corrected chi connectivity index (χ0v) is 14.1. The first-order valence-corrected chi connectivity index (χ1v) is 7.92. The van der Waals surface area contributed by atoms with E-state index in [9.17, 15) is 9.59 Å². The van der Waals surface area contributed by atoms with Crippen LogP contribution in [0, 0.1) is 0 Å². The van der Waals surface area contributed by atoms with E-state index in [1.807, 2.05) is 0 Å². The third-order valence-corrected chi connectivity index (χ3v) is 3.54. The van der Waals surface area contributed by atoms with Crippen LogP contribution in [0.5, 0.6) is 0 Å². The molecule has 0 spiro atoms. The first-order valence-electron chi connectivity index (χ1n) is 7.54. The number of carbonyl (C=O) groups excluding carboxylic acids is 2. The molecule has 0 saturated carbocycles. The summed E-state index contributed by atoms with van der Waals surface area (Å²) in [5.41, 5.74) is 1.62. The quantitative estimate of drug-likeness (QED) is 0.755. The van der Waals surface area contributed by atoms with Gasteiger partial charge in [0.15, 0.2) is 0 Å². The normalized spacial score (nSPS) is 10.2. The first-order chi connectivity index (χ1) is 11.6. The largest absolute Gasteiger partial charge is 0.385 e. The minimum absolute atomic E-state index is 0.154. The van der Waals surface area contributed by atoms with Gasteiger partial charge < -0.3 is 15.4 Å². The Hall–Kier alpha value is -2.37. The van der Waals surface area contributed by atoms with Gasteiger partial charge in [-0.2, -0.15) is 0 Å². The van der Waals surface area contributed by atoms with E-state index in [2.05, 4.69) is 10.6 Å². The van der Waals surface area contributed by atoms with Gasteiger partial charge >= 0.3 is 0 Å². The van der Waals surface area contributed by atoms with Crippen molar-refractivity contribution >= 4 is 29.1 Å². The number of carbonyl (C=O) groups is 2. The lowest BCUT2D eigenvalue weighted by atomic mass is 10.1. The van der Waals surface area contributed by atoms with E-state index in [4.69, 9.17) is 16.3 Å². The summed E-state index contributed by atoms with van der Waals surface area (Å²) in [6.07, 6.45) is 0.760. The Morgan fingerprint density at radius 2 is 1.79 bits per heavy atom. The van der Waals surface area contributed by atoms with Gasteiger partial charge in [-0.05, 0) is 48.9 Å². The van der Waals surface area contributed by atoms with Crippen LogP contribution >= 0.6 is 11.6 Å². The van der Waals surface area contributed by atoms with Crippen LogP contribution in [0.15, 0.2) is 48.5 Å². The zero-order chi connectivity index (χ0) is 17.4. The molecular formula is C18H19ClN2O3. The van der Waals surface area contributed by atoms with Crippen molar-refractivity contribution in [3.05, 3.63) is 64.7 Å². The molecule has 0 heterocycles. The van der Waals surface area contributed by atoms with E-state index in [1.54, 1.807) is 55.6 Å². The summed E-state index contributed by atoms with van der Waals surface area (Å²) < 4.78 is 4.93. The number of amides is 2. The fourth-order valence-corrected chi connectivity index (χ4v) is 2.25. The molecule has 5 nitrogen and oxygen atoms in total. The monoisotopic (exact) mass is 346 g/mol. The highest BCUT2D eigenvalue weighted by Gasteiger charge is 2.08. The van der Waals surface area contributed by atoms with Gasteiger partial charge in [0.25, 0.3) is 11.8 Å². The molecule has 0 aliphatic carbocycles. The maximum Gasteiger partial charge on any atom is 0.255 e. The lowest BCUT2D eigenvalue weighted by Crippen LogP contribution is -2.25. The lowest BCUT2D eigenvalue weighted by molar-refractivity contribution is 0.0948. The molecule has 2 rings (SSSR count). The number of ether oxygens (including phenoxy) is 1. The predicted molar refractivity (Wildman–Crippen MR) is 94.7 cm³/mol. The summed E-state index contributed by atoms with van der Waals surface area (Å²) in [6, 6.07) is 13.4. The Balaban J connectivity index is 1.92. The molecule has 2 N–H and O–H groups in total. The number of rotatable bonds is 7. The average Bonchev–Trinajstić information content (AvgIpc) is 2.59. The Bertz CT molecular complexity index is 702. The molecule has 2 aromatic carbocycles. The molecule has 0 atom stereocenters. The van der Waals surface area contributed by atoms with Crippen LogP contribution in [0.3, 0.4) is 0 Å². The van der Waals surface area contributed by atoms with Gasteiger partial charge in [-0.15, -0.1) is 0 Å². The van der Waals surface area contributed by atoms with Crippen LogP contribution in [0.25, 0.3) is 0 Å². The van der Waals surface area contributed by atoms with E-state index < -0.39 is 0 Å². The van der Waals surface area contributed by atoms with E-state index in [0.29, 0.717) is 35.0 Å². The summed E-state index contributed by atoms with van der Waals surface area (Å²) in [7, 11) is 1.62. The maximum absolute atomic E-state index is 12.1. The molecule has 0 saturated heterocycles. The SMILES string of the molecule is COCCCNC(=O)c1ccc(NC(=O)c2cccc(Cl)c2)cc1. The molecule has 0 aliphatic heterocycles. The Morgan fingerprint density at radius 3 is 2.46 bits per heavy atom. The number of nitrogens with one attached hydrogen (secondary N) is 2. The van der Waals surface area contributed by atoms with Crippen LogP contribution in [-0.4, -0.2) is 32.1 Å². The number of benzene rings is 2. The Kier molecular flexibility index (Phi) is 6.78. The topological polar surface area (TPSA) is 67.4 Å². The fraction of sp³-hybridized carbons (Fsp3) is 0.222. The van der Waals surface area contributed by atoms with Crippen LogP contribution < -0.4 is 10.6 Å². The van der Waals surface area contributed by atoms with Crippen molar-refractivity contribution in [3.8, 4) is 0 Å². The summed E-state index contributed by atoms with van der Waals surface area (Å²) in [5.74, 6) is -0.409. The predicted octanol–water partition coefficient (Wildman–Crippen LogP) is 3.36. The molecule has 0 aromatic heterocycles. The second-order valence-electron chi connectivity index (χ2n) is 5.14. The standard InChI is InChI=1S/C18H19ClN2O3/c1-24-11-3-10-20-17(22)13-6-8-16(9-7-13)21-18(23)14-4-2-5-15(19)12-14/h2,4-9,12H,3,10-11H2,1H3,(H,20,22)(H,21,23). The number of halogens is 1. The molecule has 6 heteroatoms. The van der Waals surface area contributed by atoms with Crippen LogP contribution in [0.2, 0.25) is 5.02 Å². The minimum Gasteiger partial charge on any atom is -0.385 e. The Morgan fingerprint density at radius 1 is 1.04 bits per heavy atom. The van der Waals surface area contributed by atoms with Crippen molar-refractivity contribution < 1.29 is 14.3 Å². The zero-order valence-electron chi connectivity index (χ0n) is 13.3. The van der Waals surface area contributed by atoms with Crippen molar-refractivity contribution in [3.63, 3.8) is 0 Å². The van der Waals surface area contributed by atoms with Gasteiger partial charge in [0.05, 0.1) is 0 Å². The molecule has 0 aliphatic rings. The highest BCUT2D eigenvalue weighted by molar-refractivity contribution is 6.31. The van der Waals surface area contributed by atoms with Crippen molar-refractivity contribution in [2.75, 3.05) is 25.6 Å². The van der Waals surface area contributed by atoms with Gasteiger partial charge in [-0.25, -0.2) is 0 Å². The summed E-state index contributed by atoms with van der Waals surface area (Å²) in [6.45, 7) is 1.16. The minimum atomic E-state index is -0.255. The number of methoxy groups -OCH3 is 1. The third-order valence-electron chi connectivity index (χ3n) is 3.30.